The van der Waals surface area contributed by atoms with Crippen molar-refractivity contribution in [2.45, 2.75) is 13.8 Å². The molecule has 6 rings (SSSR count). The van der Waals surface area contributed by atoms with Gasteiger partial charge in [0.1, 0.15) is 29.3 Å². The summed E-state index contributed by atoms with van der Waals surface area (Å²) in [5, 5.41) is 9.65. The van der Waals surface area contributed by atoms with E-state index in [0.717, 1.165) is 39.2 Å². The number of amides is 1. The number of fused-ring (bicyclic) bond motifs is 1. The van der Waals surface area contributed by atoms with E-state index in [4.69, 9.17) is 4.98 Å². The largest absolute Gasteiger partial charge is 0.355 e. The first-order chi connectivity index (χ1) is 16.6. The van der Waals surface area contributed by atoms with Gasteiger partial charge in [-0.2, -0.15) is 5.10 Å². The highest BCUT2D eigenvalue weighted by atomic mass is 32.1. The first-order valence-corrected chi connectivity index (χ1v) is 11.9. The molecule has 0 aromatic carbocycles. The number of anilines is 2. The van der Waals surface area contributed by atoms with Crippen LogP contribution in [0.25, 0.3) is 22.0 Å². The molecule has 1 amide bonds. The molecule has 5 aromatic rings. The molecule has 6 heterocycles. The van der Waals surface area contributed by atoms with Crippen molar-refractivity contribution in [1.29, 1.82) is 0 Å². The quantitative estimate of drug-likeness (QED) is 0.421. The third-order valence-electron chi connectivity index (χ3n) is 5.97. The van der Waals surface area contributed by atoms with Crippen molar-refractivity contribution in [1.82, 2.24) is 29.1 Å². The molecule has 1 fully saturated rings. The number of carbonyl (C=O) groups excluding carboxylic acids is 1. The van der Waals surface area contributed by atoms with Crippen LogP contribution in [0.3, 0.4) is 0 Å². The number of aryl methyl sites for hydroxylation is 2. The summed E-state index contributed by atoms with van der Waals surface area (Å²) in [5.41, 5.74) is 3.54. The highest BCUT2D eigenvalue weighted by Gasteiger charge is 2.34. The summed E-state index contributed by atoms with van der Waals surface area (Å²) in [4.78, 5) is 29.8. The molecule has 34 heavy (non-hydrogen) atoms. The van der Waals surface area contributed by atoms with Crippen molar-refractivity contribution in [3.63, 3.8) is 0 Å². The Labute approximate surface area is 199 Å². The maximum atomic E-state index is 13.1. The monoisotopic (exact) mass is 470 g/mol. The van der Waals surface area contributed by atoms with Crippen molar-refractivity contribution in [3.8, 4) is 16.4 Å². The fourth-order valence-electron chi connectivity index (χ4n) is 4.24. The van der Waals surface area contributed by atoms with E-state index in [-0.39, 0.29) is 11.8 Å². The van der Waals surface area contributed by atoms with Gasteiger partial charge in [0.05, 0.1) is 16.5 Å². The number of hydrogen-bond acceptors (Lipinski definition) is 7. The highest BCUT2D eigenvalue weighted by molar-refractivity contribution is 7.13. The second-order valence-corrected chi connectivity index (χ2v) is 9.33. The fourth-order valence-corrected chi connectivity index (χ4v) is 4.95. The average Bonchev–Trinajstić information content (AvgIpc) is 3.52. The van der Waals surface area contributed by atoms with Crippen LogP contribution in [0.1, 0.15) is 11.4 Å². The van der Waals surface area contributed by atoms with Gasteiger partial charge in [-0.25, -0.2) is 19.6 Å². The molecule has 0 saturated carbocycles. The van der Waals surface area contributed by atoms with Crippen LogP contribution in [0.5, 0.6) is 0 Å². The van der Waals surface area contributed by atoms with Crippen molar-refractivity contribution in [2.75, 3.05) is 23.3 Å². The predicted octanol–water partition coefficient (Wildman–Crippen LogP) is 3.73. The maximum Gasteiger partial charge on any atom is 0.232 e. The lowest BCUT2D eigenvalue weighted by Gasteiger charge is -2.39. The molecule has 5 aromatic heterocycles. The Balaban J connectivity index is 1.20. The van der Waals surface area contributed by atoms with Crippen LogP contribution in [0.4, 0.5) is 11.6 Å². The number of imidazole rings is 1. The number of thiophene rings is 1. The van der Waals surface area contributed by atoms with Gasteiger partial charge in [-0.05, 0) is 43.5 Å². The minimum absolute atomic E-state index is 0.0208. The number of pyridine rings is 1. The van der Waals surface area contributed by atoms with Crippen LogP contribution < -0.4 is 10.2 Å². The first-order valence-electron chi connectivity index (χ1n) is 11.0. The maximum absolute atomic E-state index is 13.1. The lowest BCUT2D eigenvalue weighted by atomic mass is 9.99. The lowest BCUT2D eigenvalue weighted by Crippen LogP contribution is -2.52. The normalized spacial score (nSPS) is 13.9. The van der Waals surface area contributed by atoms with Gasteiger partial charge in [-0.3, -0.25) is 9.20 Å². The van der Waals surface area contributed by atoms with Crippen molar-refractivity contribution < 1.29 is 4.79 Å². The smallest absolute Gasteiger partial charge is 0.232 e. The van der Waals surface area contributed by atoms with Crippen molar-refractivity contribution in [2.24, 2.45) is 5.92 Å². The molecule has 0 atom stereocenters. The van der Waals surface area contributed by atoms with Crippen molar-refractivity contribution >= 4 is 34.5 Å². The number of hydrogen-bond donors (Lipinski definition) is 1. The molecule has 1 aliphatic rings. The Morgan fingerprint density at radius 2 is 1.94 bits per heavy atom. The minimum atomic E-state index is -0.141. The first kappa shape index (κ1) is 20.5. The molecule has 0 unspecified atom stereocenters. The summed E-state index contributed by atoms with van der Waals surface area (Å²) in [5.74, 6) is 2.05. The van der Waals surface area contributed by atoms with E-state index in [1.807, 2.05) is 72.3 Å². The molecule has 1 saturated heterocycles. The molecule has 9 nitrogen and oxygen atoms in total. The average molecular weight is 471 g/mol. The van der Waals surface area contributed by atoms with E-state index in [1.165, 1.54) is 0 Å². The van der Waals surface area contributed by atoms with Gasteiger partial charge in [0, 0.05) is 31.0 Å². The Kier molecular flexibility index (Phi) is 4.88. The van der Waals surface area contributed by atoms with Crippen LogP contribution in [0.2, 0.25) is 0 Å². The topological polar surface area (TPSA) is 93.2 Å². The molecule has 170 valence electrons. The molecule has 1 aliphatic heterocycles. The molecule has 0 aliphatic carbocycles. The molecule has 0 bridgehead atoms. The number of aromatic nitrogens is 6. The second-order valence-electron chi connectivity index (χ2n) is 8.38. The molecular formula is C24H22N8OS. The van der Waals surface area contributed by atoms with Crippen LogP contribution in [-0.2, 0) is 4.79 Å². The summed E-state index contributed by atoms with van der Waals surface area (Å²) in [6, 6.07) is 13.7. The summed E-state index contributed by atoms with van der Waals surface area (Å²) in [7, 11) is 0. The third-order valence-corrected chi connectivity index (χ3v) is 6.84. The van der Waals surface area contributed by atoms with E-state index >= 15 is 0 Å². The number of rotatable bonds is 5. The van der Waals surface area contributed by atoms with E-state index in [9.17, 15) is 4.79 Å². The van der Waals surface area contributed by atoms with Gasteiger partial charge in [0.2, 0.25) is 5.91 Å². The summed E-state index contributed by atoms with van der Waals surface area (Å²) < 4.78 is 3.73. The zero-order valence-electron chi connectivity index (χ0n) is 18.7. The van der Waals surface area contributed by atoms with Crippen molar-refractivity contribution in [3.05, 3.63) is 71.8 Å². The molecule has 0 spiro atoms. The second kappa shape index (κ2) is 8.07. The van der Waals surface area contributed by atoms with Gasteiger partial charge in [-0.15, -0.1) is 11.3 Å². The summed E-state index contributed by atoms with van der Waals surface area (Å²) in [6.07, 6.45) is 3.46. The van der Waals surface area contributed by atoms with Crippen LogP contribution in [0.15, 0.2) is 60.4 Å². The zero-order chi connectivity index (χ0) is 23.2. The van der Waals surface area contributed by atoms with Gasteiger partial charge < -0.3 is 10.2 Å². The standard InChI is InChI=1S/C24H22N8OS/c1-15-10-16(2)32(29-15)21-11-20(25-14-26-21)30-12-17(13-30)24(33)28-23-22(18-6-5-9-34-18)27-19-7-3-4-8-31(19)23/h3-11,14,17H,12-13H2,1-2H3,(H,28,33). The third kappa shape index (κ3) is 3.52. The Hall–Kier alpha value is -4.05. The fraction of sp³-hybridized carbons (Fsp3) is 0.208. The van der Waals surface area contributed by atoms with E-state index in [1.54, 1.807) is 22.3 Å². The Bertz CT molecular complexity index is 1500. The van der Waals surface area contributed by atoms with Gasteiger partial charge in [-0.1, -0.05) is 12.1 Å². The van der Waals surface area contributed by atoms with E-state index in [0.29, 0.717) is 18.9 Å². The van der Waals surface area contributed by atoms with Gasteiger partial charge in [0.25, 0.3) is 0 Å². The summed E-state index contributed by atoms with van der Waals surface area (Å²) >= 11 is 1.60. The SMILES string of the molecule is Cc1cc(C)n(-c2cc(N3CC(C(=O)Nc4c(-c5cccs5)nc5ccccn45)C3)ncn2)n1. The van der Waals surface area contributed by atoms with Crippen LogP contribution >= 0.6 is 11.3 Å². The van der Waals surface area contributed by atoms with Crippen LogP contribution in [-0.4, -0.2) is 48.1 Å². The molecule has 0 radical (unpaired) electrons. The number of nitrogens with zero attached hydrogens (tertiary/aromatic N) is 7. The van der Waals surface area contributed by atoms with Crippen LogP contribution in [0, 0.1) is 19.8 Å². The van der Waals surface area contributed by atoms with E-state index in [2.05, 4.69) is 25.3 Å². The minimum Gasteiger partial charge on any atom is -0.355 e. The lowest BCUT2D eigenvalue weighted by molar-refractivity contribution is -0.120. The Morgan fingerprint density at radius 1 is 1.09 bits per heavy atom. The van der Waals surface area contributed by atoms with Gasteiger partial charge in [0.15, 0.2) is 5.82 Å². The summed E-state index contributed by atoms with van der Waals surface area (Å²) in [6.45, 7) is 5.13. The number of carbonyl (C=O) groups is 1. The Morgan fingerprint density at radius 3 is 2.71 bits per heavy atom. The number of nitrogens with one attached hydrogen (secondary N) is 1. The molecule has 1 N–H and O–H groups in total. The predicted molar refractivity (Wildman–Crippen MR) is 131 cm³/mol. The molecular weight excluding hydrogens is 448 g/mol. The van der Waals surface area contributed by atoms with Gasteiger partial charge >= 0.3 is 0 Å². The zero-order valence-corrected chi connectivity index (χ0v) is 19.5. The van der Waals surface area contributed by atoms with E-state index < -0.39 is 0 Å². The molecule has 10 heteroatoms. The highest BCUT2D eigenvalue weighted by Crippen LogP contribution is 2.33.